The van der Waals surface area contributed by atoms with E-state index in [0.717, 1.165) is 12.1 Å². The van der Waals surface area contributed by atoms with Gasteiger partial charge in [-0.3, -0.25) is 19.6 Å². The average molecular weight is 386 g/mol. The van der Waals surface area contributed by atoms with Crippen LogP contribution in [-0.4, -0.2) is 27.0 Å². The molecule has 0 radical (unpaired) electrons. The molecule has 1 atom stereocenters. The third-order valence-electron chi connectivity index (χ3n) is 3.78. The molecule has 1 heterocycles. The lowest BCUT2D eigenvalue weighted by molar-refractivity contribution is -0.386. The monoisotopic (exact) mass is 386 g/mol. The van der Waals surface area contributed by atoms with E-state index in [1.807, 2.05) is 0 Å². The molecule has 1 aromatic heterocycles. The molecule has 0 saturated heterocycles. The maximum atomic E-state index is 12.3. The van der Waals surface area contributed by atoms with Crippen LogP contribution in [0.25, 0.3) is 0 Å². The minimum Gasteiger partial charge on any atom is -0.406 e. The van der Waals surface area contributed by atoms with Crippen LogP contribution in [0, 0.1) is 29.9 Å². The topological polar surface area (TPSA) is 99.3 Å². The van der Waals surface area contributed by atoms with E-state index in [4.69, 9.17) is 0 Å². The average Bonchev–Trinajstić information content (AvgIpc) is 2.81. The summed E-state index contributed by atoms with van der Waals surface area (Å²) >= 11 is 0. The second-order valence-electron chi connectivity index (χ2n) is 5.92. The third kappa shape index (κ3) is 5.19. The zero-order valence-corrected chi connectivity index (χ0v) is 14.7. The van der Waals surface area contributed by atoms with Crippen LogP contribution >= 0.6 is 0 Å². The molecule has 2 rings (SSSR count). The number of amides is 1. The number of carbonyl (C=O) groups excluding carboxylic acids is 1. The van der Waals surface area contributed by atoms with E-state index in [1.54, 1.807) is 13.8 Å². The van der Waals surface area contributed by atoms with Gasteiger partial charge in [0.2, 0.25) is 5.91 Å². The number of hydrogen-bond donors (Lipinski definition) is 1. The van der Waals surface area contributed by atoms with Gasteiger partial charge in [0.1, 0.15) is 17.1 Å². The zero-order valence-electron chi connectivity index (χ0n) is 14.7. The van der Waals surface area contributed by atoms with Gasteiger partial charge in [-0.05, 0) is 38.1 Å². The van der Waals surface area contributed by atoms with Crippen molar-refractivity contribution in [3.63, 3.8) is 0 Å². The SMILES string of the molecule is Cc1nn(CC(C)C(=O)Nc2ccc(OC(F)(F)F)cc2)c(C)c1[N+](=O)[O-]. The fourth-order valence-electron chi connectivity index (χ4n) is 2.48. The Labute approximate surface area is 152 Å². The lowest BCUT2D eigenvalue weighted by Crippen LogP contribution is -2.25. The lowest BCUT2D eigenvalue weighted by atomic mass is 10.1. The Hall–Kier alpha value is -3.11. The van der Waals surface area contributed by atoms with Crippen molar-refractivity contribution in [1.82, 2.24) is 9.78 Å². The van der Waals surface area contributed by atoms with E-state index >= 15 is 0 Å². The number of alkyl halides is 3. The summed E-state index contributed by atoms with van der Waals surface area (Å²) < 4.78 is 41.5. The van der Waals surface area contributed by atoms with Crippen LogP contribution < -0.4 is 10.1 Å². The molecule has 0 aliphatic rings. The molecule has 11 heteroatoms. The molecule has 0 aliphatic heterocycles. The molecular weight excluding hydrogens is 369 g/mol. The number of anilines is 1. The van der Waals surface area contributed by atoms with Crippen molar-refractivity contribution in [2.75, 3.05) is 5.32 Å². The van der Waals surface area contributed by atoms with Crippen LogP contribution in [0.1, 0.15) is 18.3 Å². The Balaban J connectivity index is 2.02. The number of aromatic nitrogens is 2. The fraction of sp³-hybridized carbons (Fsp3) is 0.375. The molecule has 0 saturated carbocycles. The third-order valence-corrected chi connectivity index (χ3v) is 3.78. The molecule has 146 valence electrons. The fourth-order valence-corrected chi connectivity index (χ4v) is 2.48. The molecule has 0 spiro atoms. The first kappa shape index (κ1) is 20.2. The van der Waals surface area contributed by atoms with Crippen molar-refractivity contribution in [3.8, 4) is 5.75 Å². The van der Waals surface area contributed by atoms with Crippen LogP contribution in [0.2, 0.25) is 0 Å². The molecule has 27 heavy (non-hydrogen) atoms. The molecule has 2 aromatic rings. The van der Waals surface area contributed by atoms with Gasteiger partial charge in [0.25, 0.3) is 0 Å². The van der Waals surface area contributed by atoms with Gasteiger partial charge in [0, 0.05) is 5.69 Å². The Morgan fingerprint density at radius 1 is 1.33 bits per heavy atom. The highest BCUT2D eigenvalue weighted by Gasteiger charge is 2.31. The number of nitrogens with zero attached hydrogens (tertiary/aromatic N) is 3. The van der Waals surface area contributed by atoms with Crippen molar-refractivity contribution in [2.24, 2.45) is 5.92 Å². The van der Waals surface area contributed by atoms with E-state index in [9.17, 15) is 28.1 Å². The van der Waals surface area contributed by atoms with Crippen LogP contribution in [0.4, 0.5) is 24.5 Å². The van der Waals surface area contributed by atoms with E-state index < -0.39 is 28.9 Å². The van der Waals surface area contributed by atoms with Gasteiger partial charge in [0.05, 0.1) is 17.4 Å². The number of nitrogens with one attached hydrogen (secondary N) is 1. The van der Waals surface area contributed by atoms with Crippen molar-refractivity contribution in [2.45, 2.75) is 33.7 Å². The quantitative estimate of drug-likeness (QED) is 0.604. The first-order valence-electron chi connectivity index (χ1n) is 7.83. The Morgan fingerprint density at radius 3 is 2.41 bits per heavy atom. The maximum absolute atomic E-state index is 12.3. The van der Waals surface area contributed by atoms with Gasteiger partial charge in [-0.25, -0.2) is 0 Å². The first-order valence-corrected chi connectivity index (χ1v) is 7.83. The molecule has 1 N–H and O–H groups in total. The molecule has 1 amide bonds. The normalized spacial score (nSPS) is 12.5. The van der Waals surface area contributed by atoms with E-state index in [1.165, 1.54) is 23.7 Å². The number of hydrogen-bond acceptors (Lipinski definition) is 5. The number of nitro groups is 1. The summed E-state index contributed by atoms with van der Waals surface area (Å²) in [7, 11) is 0. The standard InChI is InChI=1S/C16H17F3N4O4/c1-9(8-22-11(3)14(23(25)26)10(2)21-22)15(24)20-12-4-6-13(7-5-12)27-16(17,18)19/h4-7,9H,8H2,1-3H3,(H,20,24). The molecular formula is C16H17F3N4O4. The zero-order chi connectivity index (χ0) is 20.4. The minimum absolute atomic E-state index is 0.0946. The number of halogens is 3. The number of carbonyl (C=O) groups is 1. The molecule has 8 nitrogen and oxygen atoms in total. The van der Waals surface area contributed by atoms with Crippen LogP contribution in [0.15, 0.2) is 24.3 Å². The highest BCUT2D eigenvalue weighted by atomic mass is 19.4. The summed E-state index contributed by atoms with van der Waals surface area (Å²) in [5.74, 6) is -1.40. The van der Waals surface area contributed by atoms with Crippen molar-refractivity contribution < 1.29 is 27.6 Å². The van der Waals surface area contributed by atoms with Crippen molar-refractivity contribution in [1.29, 1.82) is 0 Å². The van der Waals surface area contributed by atoms with Crippen LogP contribution in [-0.2, 0) is 11.3 Å². The van der Waals surface area contributed by atoms with Gasteiger partial charge >= 0.3 is 12.0 Å². The number of ether oxygens (including phenoxy) is 1. The predicted molar refractivity (Wildman–Crippen MR) is 89.3 cm³/mol. The highest BCUT2D eigenvalue weighted by Crippen LogP contribution is 2.25. The summed E-state index contributed by atoms with van der Waals surface area (Å²) in [6.45, 7) is 4.78. The summed E-state index contributed by atoms with van der Waals surface area (Å²) in [6, 6.07) is 4.72. The smallest absolute Gasteiger partial charge is 0.406 e. The van der Waals surface area contributed by atoms with E-state index in [0.29, 0.717) is 11.4 Å². The second kappa shape index (κ2) is 7.64. The van der Waals surface area contributed by atoms with Gasteiger partial charge in [-0.2, -0.15) is 5.10 Å². The van der Waals surface area contributed by atoms with Gasteiger partial charge in [-0.1, -0.05) is 6.92 Å². The lowest BCUT2D eigenvalue weighted by Gasteiger charge is -2.14. The summed E-state index contributed by atoms with van der Waals surface area (Å²) in [4.78, 5) is 22.8. The minimum atomic E-state index is -4.79. The Morgan fingerprint density at radius 2 is 1.93 bits per heavy atom. The van der Waals surface area contributed by atoms with Crippen molar-refractivity contribution >= 4 is 17.3 Å². The first-order chi connectivity index (χ1) is 12.5. The molecule has 0 fully saturated rings. The molecule has 0 aliphatic carbocycles. The molecule has 1 aromatic carbocycles. The summed E-state index contributed by atoms with van der Waals surface area (Å²) in [5, 5.41) is 17.7. The van der Waals surface area contributed by atoms with Crippen molar-refractivity contribution in [3.05, 3.63) is 45.8 Å². The van der Waals surface area contributed by atoms with Crippen LogP contribution in [0.5, 0.6) is 5.75 Å². The van der Waals surface area contributed by atoms with Gasteiger partial charge in [-0.15, -0.1) is 13.2 Å². The summed E-state index contributed by atoms with van der Waals surface area (Å²) in [6.07, 6.45) is -4.79. The largest absolute Gasteiger partial charge is 0.573 e. The van der Waals surface area contributed by atoms with Gasteiger partial charge in [0.15, 0.2) is 0 Å². The highest BCUT2D eigenvalue weighted by molar-refractivity contribution is 5.92. The number of aryl methyl sites for hydroxylation is 1. The Kier molecular flexibility index (Phi) is 5.72. The second-order valence-corrected chi connectivity index (χ2v) is 5.92. The van der Waals surface area contributed by atoms with E-state index in [2.05, 4.69) is 15.2 Å². The molecule has 1 unspecified atom stereocenters. The predicted octanol–water partition coefficient (Wildman–Crippen LogP) is 3.58. The maximum Gasteiger partial charge on any atom is 0.573 e. The molecule has 0 bridgehead atoms. The van der Waals surface area contributed by atoms with Crippen LogP contribution in [0.3, 0.4) is 0 Å². The van der Waals surface area contributed by atoms with E-state index in [-0.39, 0.29) is 17.9 Å². The van der Waals surface area contributed by atoms with Gasteiger partial charge < -0.3 is 10.1 Å². The number of rotatable bonds is 6. The Bertz CT molecular complexity index is 847. The summed E-state index contributed by atoms with van der Waals surface area (Å²) in [5.41, 5.74) is 0.791. The number of benzene rings is 1.